The Labute approximate surface area is 105 Å². The van der Waals surface area contributed by atoms with Gasteiger partial charge in [-0.15, -0.1) is 0 Å². The number of aryl methyl sites for hydroxylation is 1. The van der Waals surface area contributed by atoms with Gasteiger partial charge >= 0.3 is 0 Å². The van der Waals surface area contributed by atoms with Crippen molar-refractivity contribution in [3.8, 4) is 11.5 Å². The summed E-state index contributed by atoms with van der Waals surface area (Å²) >= 11 is 0. The largest absolute Gasteiger partial charge is 0.308 e. The molecule has 18 heavy (non-hydrogen) atoms. The van der Waals surface area contributed by atoms with Gasteiger partial charge in [0.25, 0.3) is 0 Å². The molecule has 2 aromatic heterocycles. The van der Waals surface area contributed by atoms with Crippen LogP contribution in [0, 0.1) is 6.92 Å². The molecule has 0 amide bonds. The summed E-state index contributed by atoms with van der Waals surface area (Å²) in [6.45, 7) is 2.03. The zero-order valence-corrected chi connectivity index (χ0v) is 10.2. The summed E-state index contributed by atoms with van der Waals surface area (Å²) in [5, 5.41) is 0. The van der Waals surface area contributed by atoms with Crippen molar-refractivity contribution in [2.45, 2.75) is 25.7 Å². The third-order valence-electron chi connectivity index (χ3n) is 3.03. The molecule has 5 nitrogen and oxygen atoms in total. The van der Waals surface area contributed by atoms with E-state index in [9.17, 15) is 0 Å². The van der Waals surface area contributed by atoms with Crippen LogP contribution in [-0.4, -0.2) is 15.0 Å². The SMILES string of the molecule is Cc1ccnc(-c2nc(NN)cc(C3CC3)n2)c1. The smallest absolute Gasteiger partial charge is 0.180 e. The lowest BCUT2D eigenvalue weighted by atomic mass is 10.2. The first kappa shape index (κ1) is 11.1. The molecule has 0 radical (unpaired) electrons. The predicted molar refractivity (Wildman–Crippen MR) is 69.8 cm³/mol. The summed E-state index contributed by atoms with van der Waals surface area (Å²) in [7, 11) is 0. The number of hydrogen-bond acceptors (Lipinski definition) is 5. The van der Waals surface area contributed by atoms with Crippen LogP contribution in [0.2, 0.25) is 0 Å². The molecule has 1 saturated carbocycles. The maximum absolute atomic E-state index is 5.46. The molecular weight excluding hydrogens is 226 g/mol. The van der Waals surface area contributed by atoms with Gasteiger partial charge in [-0.3, -0.25) is 4.98 Å². The van der Waals surface area contributed by atoms with E-state index in [0.717, 1.165) is 17.0 Å². The van der Waals surface area contributed by atoms with Gasteiger partial charge in [0, 0.05) is 23.9 Å². The molecule has 0 saturated heterocycles. The topological polar surface area (TPSA) is 76.7 Å². The number of nitrogens with one attached hydrogen (secondary N) is 1. The van der Waals surface area contributed by atoms with E-state index < -0.39 is 0 Å². The quantitative estimate of drug-likeness (QED) is 0.635. The van der Waals surface area contributed by atoms with E-state index in [1.807, 2.05) is 25.1 Å². The van der Waals surface area contributed by atoms with E-state index in [2.05, 4.69) is 20.4 Å². The maximum atomic E-state index is 5.46. The molecule has 0 aliphatic heterocycles. The second-order valence-corrected chi connectivity index (χ2v) is 4.64. The van der Waals surface area contributed by atoms with Gasteiger partial charge in [0.2, 0.25) is 0 Å². The molecule has 0 unspecified atom stereocenters. The second-order valence-electron chi connectivity index (χ2n) is 4.64. The highest BCUT2D eigenvalue weighted by Crippen LogP contribution is 2.40. The van der Waals surface area contributed by atoms with Gasteiger partial charge in [-0.25, -0.2) is 15.8 Å². The van der Waals surface area contributed by atoms with E-state index in [4.69, 9.17) is 5.84 Å². The number of nitrogens with zero attached hydrogens (tertiary/aromatic N) is 3. The summed E-state index contributed by atoms with van der Waals surface area (Å²) in [6, 6.07) is 5.85. The van der Waals surface area contributed by atoms with Crippen LogP contribution in [-0.2, 0) is 0 Å². The number of pyridine rings is 1. The number of hydrazine groups is 1. The van der Waals surface area contributed by atoms with Crippen LogP contribution in [0.3, 0.4) is 0 Å². The molecule has 1 fully saturated rings. The zero-order chi connectivity index (χ0) is 12.5. The lowest BCUT2D eigenvalue weighted by Gasteiger charge is -2.07. The molecule has 0 aromatic carbocycles. The van der Waals surface area contributed by atoms with Gasteiger partial charge in [0.05, 0.1) is 0 Å². The number of nitrogen functional groups attached to an aromatic ring is 1. The Bertz CT molecular complexity index is 577. The van der Waals surface area contributed by atoms with Gasteiger partial charge in [0.15, 0.2) is 5.82 Å². The number of hydrogen-bond donors (Lipinski definition) is 2. The summed E-state index contributed by atoms with van der Waals surface area (Å²) in [5.74, 6) is 7.29. The van der Waals surface area contributed by atoms with Crippen LogP contribution < -0.4 is 11.3 Å². The van der Waals surface area contributed by atoms with Crippen LogP contribution in [0.15, 0.2) is 24.4 Å². The van der Waals surface area contributed by atoms with E-state index in [-0.39, 0.29) is 0 Å². The number of anilines is 1. The van der Waals surface area contributed by atoms with Crippen molar-refractivity contribution in [1.29, 1.82) is 0 Å². The summed E-state index contributed by atoms with van der Waals surface area (Å²) in [4.78, 5) is 13.3. The van der Waals surface area contributed by atoms with Crippen LogP contribution in [0.5, 0.6) is 0 Å². The molecule has 92 valence electrons. The van der Waals surface area contributed by atoms with E-state index in [1.165, 1.54) is 12.8 Å². The fourth-order valence-corrected chi connectivity index (χ4v) is 1.90. The highest BCUT2D eigenvalue weighted by molar-refractivity contribution is 5.54. The monoisotopic (exact) mass is 241 g/mol. The molecular formula is C13H15N5. The van der Waals surface area contributed by atoms with E-state index in [0.29, 0.717) is 17.6 Å². The molecule has 0 bridgehead atoms. The highest BCUT2D eigenvalue weighted by Gasteiger charge is 2.26. The number of aromatic nitrogens is 3. The van der Waals surface area contributed by atoms with Crippen LogP contribution in [0.25, 0.3) is 11.5 Å². The molecule has 2 aromatic rings. The van der Waals surface area contributed by atoms with Crippen molar-refractivity contribution in [2.24, 2.45) is 5.84 Å². The Morgan fingerprint density at radius 2 is 2.11 bits per heavy atom. The Morgan fingerprint density at radius 3 is 2.78 bits per heavy atom. The molecule has 1 aliphatic carbocycles. The van der Waals surface area contributed by atoms with Gasteiger partial charge < -0.3 is 5.43 Å². The van der Waals surface area contributed by atoms with Gasteiger partial charge in [-0.2, -0.15) is 0 Å². The van der Waals surface area contributed by atoms with Crippen LogP contribution in [0.4, 0.5) is 5.82 Å². The first-order valence-corrected chi connectivity index (χ1v) is 6.05. The van der Waals surface area contributed by atoms with Gasteiger partial charge in [0.1, 0.15) is 11.5 Å². The third kappa shape index (κ3) is 2.17. The maximum Gasteiger partial charge on any atom is 0.180 e. The number of nitrogens with two attached hydrogens (primary N) is 1. The van der Waals surface area contributed by atoms with Crippen molar-refractivity contribution >= 4 is 5.82 Å². The lowest BCUT2D eigenvalue weighted by molar-refractivity contribution is 0.984. The van der Waals surface area contributed by atoms with Gasteiger partial charge in [-0.1, -0.05) is 0 Å². The molecule has 3 rings (SSSR count). The van der Waals surface area contributed by atoms with Crippen molar-refractivity contribution in [3.63, 3.8) is 0 Å². The van der Waals surface area contributed by atoms with Crippen molar-refractivity contribution in [1.82, 2.24) is 15.0 Å². The van der Waals surface area contributed by atoms with Crippen LogP contribution >= 0.6 is 0 Å². The second kappa shape index (κ2) is 4.34. The standard InChI is InChI=1S/C13H15N5/c1-8-4-5-15-11(6-8)13-16-10(9-2-3-9)7-12(17-13)18-14/h4-7,9H,2-3,14H2,1H3,(H,16,17,18). The van der Waals surface area contributed by atoms with Crippen molar-refractivity contribution < 1.29 is 0 Å². The predicted octanol–water partition coefficient (Wildman–Crippen LogP) is 2.01. The third-order valence-corrected chi connectivity index (χ3v) is 3.03. The fourth-order valence-electron chi connectivity index (χ4n) is 1.90. The normalized spacial score (nSPS) is 14.6. The minimum Gasteiger partial charge on any atom is -0.308 e. The Kier molecular flexibility index (Phi) is 2.68. The average Bonchev–Trinajstić information content (AvgIpc) is 3.22. The van der Waals surface area contributed by atoms with Crippen LogP contribution in [0.1, 0.15) is 30.0 Å². The average molecular weight is 241 g/mol. The summed E-state index contributed by atoms with van der Waals surface area (Å²) < 4.78 is 0. The molecule has 5 heteroatoms. The zero-order valence-electron chi connectivity index (χ0n) is 10.2. The van der Waals surface area contributed by atoms with Crippen molar-refractivity contribution in [3.05, 3.63) is 35.7 Å². The Balaban J connectivity index is 2.07. The first-order chi connectivity index (χ1) is 8.76. The molecule has 1 aliphatic rings. The Morgan fingerprint density at radius 1 is 1.28 bits per heavy atom. The van der Waals surface area contributed by atoms with Gasteiger partial charge in [-0.05, 0) is 37.5 Å². The molecule has 0 spiro atoms. The minimum atomic E-state index is 0.559. The molecule has 0 atom stereocenters. The van der Waals surface area contributed by atoms with Crippen molar-refractivity contribution in [2.75, 3.05) is 5.43 Å². The first-order valence-electron chi connectivity index (χ1n) is 6.05. The highest BCUT2D eigenvalue weighted by atomic mass is 15.3. The molecule has 3 N–H and O–H groups in total. The molecule has 2 heterocycles. The number of rotatable bonds is 3. The summed E-state index contributed by atoms with van der Waals surface area (Å²) in [6.07, 6.45) is 4.16. The van der Waals surface area contributed by atoms with E-state index in [1.54, 1.807) is 6.20 Å². The fraction of sp³-hybridized carbons (Fsp3) is 0.308. The van der Waals surface area contributed by atoms with E-state index >= 15 is 0 Å². The lowest BCUT2D eigenvalue weighted by Crippen LogP contribution is -2.10. The Hall–Kier alpha value is -2.01. The minimum absolute atomic E-state index is 0.559. The summed E-state index contributed by atoms with van der Waals surface area (Å²) in [5.41, 5.74) is 5.58.